The molecular weight excluding hydrogens is 456 g/mol. The lowest BCUT2D eigenvalue weighted by molar-refractivity contribution is -0.130. The molecule has 4 heterocycles. The van der Waals surface area contributed by atoms with Crippen LogP contribution >= 0.6 is 0 Å². The van der Waals surface area contributed by atoms with Crippen LogP contribution in [0.4, 0.5) is 5.69 Å². The number of anilines is 1. The second kappa shape index (κ2) is 10.4. The molecule has 3 unspecified atom stereocenters. The normalized spacial score (nSPS) is 32.9. The highest BCUT2D eigenvalue weighted by atomic mass is 16.5. The summed E-state index contributed by atoms with van der Waals surface area (Å²) in [6, 6.07) is 8.44. The maximum Gasteiger partial charge on any atom is 0.254 e. The molecule has 0 radical (unpaired) electrons. The lowest BCUT2D eigenvalue weighted by atomic mass is 9.84. The van der Waals surface area contributed by atoms with Crippen molar-refractivity contribution in [3.05, 3.63) is 29.3 Å². The molecule has 0 aliphatic carbocycles. The van der Waals surface area contributed by atoms with Gasteiger partial charge >= 0.3 is 0 Å². The van der Waals surface area contributed by atoms with E-state index in [-0.39, 0.29) is 36.0 Å². The number of carbonyl (C=O) groups is 2. The first-order valence-electron chi connectivity index (χ1n) is 13.4. The van der Waals surface area contributed by atoms with Gasteiger partial charge in [-0.3, -0.25) is 9.59 Å². The molecule has 36 heavy (non-hydrogen) atoms. The molecule has 0 bridgehead atoms. The van der Waals surface area contributed by atoms with Gasteiger partial charge in [0.2, 0.25) is 5.91 Å². The minimum atomic E-state index is -0.443. The molecule has 4 aliphatic rings. The van der Waals surface area contributed by atoms with Gasteiger partial charge in [-0.15, -0.1) is 0 Å². The molecular formula is C27H38N6O3. The minimum Gasteiger partial charge on any atom is -0.379 e. The maximum atomic E-state index is 13.2. The summed E-state index contributed by atoms with van der Waals surface area (Å²) in [7, 11) is 0. The molecule has 4 fully saturated rings. The number of fused-ring (bicyclic) bond motifs is 1. The Morgan fingerprint density at radius 2 is 2.17 bits per heavy atom. The first-order chi connectivity index (χ1) is 17.4. The van der Waals surface area contributed by atoms with E-state index in [1.54, 1.807) is 0 Å². The summed E-state index contributed by atoms with van der Waals surface area (Å²) in [5, 5.41) is 18.3. The van der Waals surface area contributed by atoms with E-state index in [1.165, 1.54) is 6.42 Å². The number of aryl methyl sites for hydroxylation is 1. The molecule has 9 nitrogen and oxygen atoms in total. The van der Waals surface area contributed by atoms with Gasteiger partial charge in [0.05, 0.1) is 30.6 Å². The third kappa shape index (κ3) is 4.58. The molecule has 1 aromatic rings. The van der Waals surface area contributed by atoms with Crippen molar-refractivity contribution in [2.24, 2.45) is 5.92 Å². The van der Waals surface area contributed by atoms with Crippen LogP contribution in [0.5, 0.6) is 0 Å². The van der Waals surface area contributed by atoms with Crippen molar-refractivity contribution in [2.75, 3.05) is 31.6 Å². The summed E-state index contributed by atoms with van der Waals surface area (Å²) in [6.07, 6.45) is 5.88. The zero-order valence-corrected chi connectivity index (χ0v) is 21.4. The highest BCUT2D eigenvalue weighted by molar-refractivity contribution is 5.96. The van der Waals surface area contributed by atoms with E-state index in [1.807, 2.05) is 30.0 Å². The topological polar surface area (TPSA) is 110 Å². The average molecular weight is 495 g/mol. The smallest absolute Gasteiger partial charge is 0.254 e. The number of amides is 2. The first-order valence-corrected chi connectivity index (χ1v) is 13.4. The standard InChI is InChI=1S/C27H38N6O3/c1-18-16-20(7-8-21(18)26(35)32-14-4-3-6-19(32)2)30-24-23-22(9-13-29-25(23)34)33(31-24)27(11-12-28)10-5-15-36-17-27/h7-8,16,19,22-24,30-31H,3-6,9-11,13-15,17H2,1-2H3,(H,29,34)/t19-,22?,23?,24?,27-/m0/s1. The van der Waals surface area contributed by atoms with Crippen LogP contribution in [0.15, 0.2) is 18.2 Å². The maximum absolute atomic E-state index is 13.2. The number of nitriles is 1. The summed E-state index contributed by atoms with van der Waals surface area (Å²) >= 11 is 0. The zero-order valence-electron chi connectivity index (χ0n) is 21.4. The molecule has 9 heteroatoms. The quantitative estimate of drug-likeness (QED) is 0.577. The molecule has 194 valence electrons. The molecule has 5 atom stereocenters. The number of hydrogen-bond donors (Lipinski definition) is 3. The highest BCUT2D eigenvalue weighted by Gasteiger charge is 2.54. The van der Waals surface area contributed by atoms with Crippen molar-refractivity contribution in [1.82, 2.24) is 20.7 Å². The van der Waals surface area contributed by atoms with Gasteiger partial charge in [0, 0.05) is 43.0 Å². The van der Waals surface area contributed by atoms with E-state index in [0.29, 0.717) is 26.2 Å². The Balaban J connectivity index is 1.36. The van der Waals surface area contributed by atoms with Crippen molar-refractivity contribution in [1.29, 1.82) is 5.26 Å². The predicted molar refractivity (Wildman–Crippen MR) is 136 cm³/mol. The van der Waals surface area contributed by atoms with Crippen LogP contribution in [-0.4, -0.2) is 71.8 Å². The number of nitrogens with zero attached hydrogens (tertiary/aromatic N) is 3. The highest BCUT2D eigenvalue weighted by Crippen LogP contribution is 2.39. The third-order valence-electron chi connectivity index (χ3n) is 8.49. The molecule has 1 aromatic carbocycles. The van der Waals surface area contributed by atoms with E-state index < -0.39 is 5.54 Å². The van der Waals surface area contributed by atoms with Crippen molar-refractivity contribution < 1.29 is 14.3 Å². The van der Waals surface area contributed by atoms with Gasteiger partial charge in [0.1, 0.15) is 6.17 Å². The number of nitrogens with one attached hydrogen (secondary N) is 3. The van der Waals surface area contributed by atoms with Crippen molar-refractivity contribution in [3.63, 3.8) is 0 Å². The van der Waals surface area contributed by atoms with Crippen LogP contribution in [0.25, 0.3) is 0 Å². The number of ether oxygens (including phenoxy) is 1. The van der Waals surface area contributed by atoms with Crippen molar-refractivity contribution >= 4 is 17.5 Å². The average Bonchev–Trinajstić information content (AvgIpc) is 3.25. The fourth-order valence-corrected chi connectivity index (χ4v) is 6.54. The monoisotopic (exact) mass is 494 g/mol. The largest absolute Gasteiger partial charge is 0.379 e. The summed E-state index contributed by atoms with van der Waals surface area (Å²) in [4.78, 5) is 28.2. The van der Waals surface area contributed by atoms with Gasteiger partial charge in [-0.05, 0) is 76.1 Å². The van der Waals surface area contributed by atoms with Gasteiger partial charge < -0.3 is 20.3 Å². The molecule has 2 amide bonds. The summed E-state index contributed by atoms with van der Waals surface area (Å²) < 4.78 is 5.83. The molecule has 0 saturated carbocycles. The Hall–Kier alpha value is -2.67. The van der Waals surface area contributed by atoms with Gasteiger partial charge in [-0.1, -0.05) is 0 Å². The second-order valence-electron chi connectivity index (χ2n) is 10.9. The Labute approximate surface area is 213 Å². The minimum absolute atomic E-state index is 0.0187. The second-order valence-corrected chi connectivity index (χ2v) is 10.9. The number of piperidine rings is 2. The van der Waals surface area contributed by atoms with Crippen LogP contribution in [0.2, 0.25) is 0 Å². The van der Waals surface area contributed by atoms with Gasteiger partial charge in [-0.25, -0.2) is 10.4 Å². The summed E-state index contributed by atoms with van der Waals surface area (Å²) in [5.41, 5.74) is 5.65. The van der Waals surface area contributed by atoms with Gasteiger partial charge in [0.25, 0.3) is 5.91 Å². The van der Waals surface area contributed by atoms with E-state index >= 15 is 0 Å². The number of hydrazine groups is 1. The van der Waals surface area contributed by atoms with Crippen LogP contribution in [0.3, 0.4) is 0 Å². The Morgan fingerprint density at radius 1 is 1.31 bits per heavy atom. The van der Waals surface area contributed by atoms with Crippen LogP contribution < -0.4 is 16.1 Å². The first kappa shape index (κ1) is 25.0. The lowest BCUT2D eigenvalue weighted by Gasteiger charge is -2.46. The van der Waals surface area contributed by atoms with E-state index in [2.05, 4.69) is 34.1 Å². The Kier molecular flexibility index (Phi) is 7.20. The number of carbonyl (C=O) groups excluding carboxylic acids is 2. The van der Waals surface area contributed by atoms with E-state index in [4.69, 9.17) is 4.74 Å². The molecule has 4 saturated heterocycles. The summed E-state index contributed by atoms with van der Waals surface area (Å²) in [6.45, 7) is 6.72. The fraction of sp³-hybridized carbons (Fsp3) is 0.667. The molecule has 4 aliphatic heterocycles. The van der Waals surface area contributed by atoms with Crippen molar-refractivity contribution in [3.8, 4) is 6.07 Å². The molecule has 0 spiro atoms. The van der Waals surface area contributed by atoms with Gasteiger partial charge in [-0.2, -0.15) is 5.26 Å². The van der Waals surface area contributed by atoms with Crippen LogP contribution in [0, 0.1) is 24.2 Å². The number of rotatable bonds is 5. The lowest BCUT2D eigenvalue weighted by Crippen LogP contribution is -2.61. The fourth-order valence-electron chi connectivity index (χ4n) is 6.54. The van der Waals surface area contributed by atoms with Crippen LogP contribution in [0.1, 0.15) is 67.8 Å². The zero-order chi connectivity index (χ0) is 25.3. The SMILES string of the molecule is Cc1cc(NC2NN([C@]3(CC#N)CCCOC3)C3CCNC(=O)C23)ccc1C(=O)N1CCCC[C@@H]1C. The van der Waals surface area contributed by atoms with Crippen LogP contribution in [-0.2, 0) is 9.53 Å². The number of hydrogen-bond acceptors (Lipinski definition) is 7. The molecule has 3 N–H and O–H groups in total. The Morgan fingerprint density at radius 3 is 2.89 bits per heavy atom. The summed E-state index contributed by atoms with van der Waals surface area (Å²) in [5.74, 6) is -0.184. The third-order valence-corrected chi connectivity index (χ3v) is 8.49. The van der Waals surface area contributed by atoms with Crippen molar-refractivity contribution in [2.45, 2.75) is 82.6 Å². The Bertz CT molecular complexity index is 1030. The van der Waals surface area contributed by atoms with E-state index in [0.717, 1.165) is 55.5 Å². The molecule has 5 rings (SSSR count). The van der Waals surface area contributed by atoms with Gasteiger partial charge in [0.15, 0.2) is 0 Å². The predicted octanol–water partition coefficient (Wildman–Crippen LogP) is 2.54. The molecule has 0 aromatic heterocycles. The number of benzene rings is 1. The van der Waals surface area contributed by atoms with E-state index in [9.17, 15) is 14.9 Å². The number of likely N-dealkylation sites (tertiary alicyclic amines) is 1.